The third kappa shape index (κ3) is 2.95. The van der Waals surface area contributed by atoms with Gasteiger partial charge in [-0.2, -0.15) is 0 Å². The molecule has 2 aromatic heterocycles. The monoisotopic (exact) mass is 347 g/mol. The van der Waals surface area contributed by atoms with Gasteiger partial charge >= 0.3 is 0 Å². The molecule has 1 N–H and O–H groups in total. The first-order chi connectivity index (χ1) is 12.8. The largest absolute Gasteiger partial charge is 0.343 e. The predicted octanol–water partition coefficient (Wildman–Crippen LogP) is 4.87. The van der Waals surface area contributed by atoms with Gasteiger partial charge in [0.25, 0.3) is 0 Å². The summed E-state index contributed by atoms with van der Waals surface area (Å²) in [6, 6.07) is 11.1. The zero-order valence-electron chi connectivity index (χ0n) is 14.7. The number of aromatic nitrogens is 2. The van der Waals surface area contributed by atoms with Gasteiger partial charge < -0.3 is 4.98 Å². The van der Waals surface area contributed by atoms with Gasteiger partial charge in [0.1, 0.15) is 11.5 Å². The highest BCUT2D eigenvalue weighted by molar-refractivity contribution is 5.81. The van der Waals surface area contributed by atoms with Crippen molar-refractivity contribution in [3.63, 3.8) is 0 Å². The van der Waals surface area contributed by atoms with Gasteiger partial charge in [-0.05, 0) is 66.1 Å². The SMILES string of the molecule is Fc1ccc(C2=CCN(Cc3c(C4CC4)[nH]c4ncccc34)CC2)cc1. The number of rotatable bonds is 4. The van der Waals surface area contributed by atoms with Crippen LogP contribution in [0.3, 0.4) is 0 Å². The standard InChI is InChI=1S/C22H22FN3/c23-18-7-5-15(6-8-18)16-9-12-26(13-10-16)14-20-19-2-1-11-24-22(19)25-21(20)17-3-4-17/h1-2,5-9,11,17H,3-4,10,12-14H2,(H,24,25). The quantitative estimate of drug-likeness (QED) is 0.730. The lowest BCUT2D eigenvalue weighted by Crippen LogP contribution is -2.28. The number of nitrogens with one attached hydrogen (secondary N) is 1. The molecule has 0 unspecified atom stereocenters. The zero-order valence-corrected chi connectivity index (χ0v) is 14.7. The fourth-order valence-corrected chi connectivity index (χ4v) is 3.99. The molecule has 3 nitrogen and oxygen atoms in total. The summed E-state index contributed by atoms with van der Waals surface area (Å²) in [6.07, 6.45) is 7.73. The topological polar surface area (TPSA) is 31.9 Å². The number of hydrogen-bond acceptors (Lipinski definition) is 2. The summed E-state index contributed by atoms with van der Waals surface area (Å²) in [5.74, 6) is 0.515. The minimum atomic E-state index is -0.174. The fraction of sp³-hybridized carbons (Fsp3) is 0.318. The Bertz CT molecular complexity index is 967. The summed E-state index contributed by atoms with van der Waals surface area (Å²) in [5.41, 5.74) is 6.30. The van der Waals surface area contributed by atoms with Gasteiger partial charge in [-0.3, -0.25) is 4.90 Å². The second kappa shape index (κ2) is 6.36. The van der Waals surface area contributed by atoms with Crippen molar-refractivity contribution in [1.82, 2.24) is 14.9 Å². The molecule has 0 radical (unpaired) electrons. The average molecular weight is 347 g/mol. The molecule has 132 valence electrons. The summed E-state index contributed by atoms with van der Waals surface area (Å²) >= 11 is 0. The number of fused-ring (bicyclic) bond motifs is 1. The molecule has 1 aliphatic carbocycles. The minimum Gasteiger partial charge on any atom is -0.343 e. The molecule has 1 fully saturated rings. The van der Waals surface area contributed by atoms with Crippen LogP contribution in [-0.2, 0) is 6.54 Å². The maximum Gasteiger partial charge on any atom is 0.137 e. The minimum absolute atomic E-state index is 0.174. The lowest BCUT2D eigenvalue weighted by molar-refractivity contribution is 0.294. The molecule has 0 amide bonds. The lowest BCUT2D eigenvalue weighted by atomic mass is 9.99. The molecule has 0 saturated heterocycles. The van der Waals surface area contributed by atoms with E-state index in [1.807, 2.05) is 24.4 Å². The molecule has 0 bridgehead atoms. The maximum atomic E-state index is 13.1. The number of halogens is 1. The third-order valence-corrected chi connectivity index (χ3v) is 5.59. The molecule has 3 aromatic rings. The Morgan fingerprint density at radius 1 is 1.15 bits per heavy atom. The van der Waals surface area contributed by atoms with E-state index in [-0.39, 0.29) is 5.82 Å². The Labute approximate surface area is 152 Å². The molecule has 3 heterocycles. The number of nitrogens with zero attached hydrogens (tertiary/aromatic N) is 2. The van der Waals surface area contributed by atoms with Gasteiger partial charge in [-0.15, -0.1) is 0 Å². The second-order valence-electron chi connectivity index (χ2n) is 7.41. The van der Waals surface area contributed by atoms with Gasteiger partial charge in [0, 0.05) is 36.9 Å². The number of pyridine rings is 1. The van der Waals surface area contributed by atoms with Crippen LogP contribution >= 0.6 is 0 Å². The van der Waals surface area contributed by atoms with Gasteiger partial charge in [-0.25, -0.2) is 9.37 Å². The smallest absolute Gasteiger partial charge is 0.137 e. The van der Waals surface area contributed by atoms with Crippen LogP contribution in [0, 0.1) is 5.82 Å². The van der Waals surface area contributed by atoms with E-state index in [0.29, 0.717) is 5.92 Å². The van der Waals surface area contributed by atoms with Crippen molar-refractivity contribution < 1.29 is 4.39 Å². The van der Waals surface area contributed by atoms with Gasteiger partial charge in [-0.1, -0.05) is 18.2 Å². The molecule has 0 atom stereocenters. The highest BCUT2D eigenvalue weighted by Gasteiger charge is 2.29. The summed E-state index contributed by atoms with van der Waals surface area (Å²) < 4.78 is 13.1. The Hall–Kier alpha value is -2.46. The Kier molecular flexibility index (Phi) is 3.86. The zero-order chi connectivity index (χ0) is 17.5. The van der Waals surface area contributed by atoms with Crippen molar-refractivity contribution >= 4 is 16.6 Å². The fourth-order valence-electron chi connectivity index (χ4n) is 3.99. The van der Waals surface area contributed by atoms with Crippen LogP contribution in [0.15, 0.2) is 48.7 Å². The predicted molar refractivity (Wildman–Crippen MR) is 102 cm³/mol. The van der Waals surface area contributed by atoms with Crippen molar-refractivity contribution in [2.75, 3.05) is 13.1 Å². The van der Waals surface area contributed by atoms with Crippen molar-refractivity contribution in [2.45, 2.75) is 31.7 Å². The van der Waals surface area contributed by atoms with Crippen LogP contribution in [0.2, 0.25) is 0 Å². The van der Waals surface area contributed by atoms with Crippen LogP contribution in [0.4, 0.5) is 4.39 Å². The van der Waals surface area contributed by atoms with Crippen molar-refractivity contribution in [3.8, 4) is 0 Å². The second-order valence-corrected chi connectivity index (χ2v) is 7.41. The average Bonchev–Trinajstić information content (AvgIpc) is 3.46. The molecule has 1 aromatic carbocycles. The molecule has 1 aliphatic heterocycles. The number of hydrogen-bond donors (Lipinski definition) is 1. The van der Waals surface area contributed by atoms with Crippen LogP contribution in [-0.4, -0.2) is 28.0 Å². The number of benzene rings is 1. The van der Waals surface area contributed by atoms with Crippen molar-refractivity contribution in [2.24, 2.45) is 0 Å². The number of H-pyrrole nitrogens is 1. The Morgan fingerprint density at radius 3 is 2.73 bits per heavy atom. The summed E-state index contributed by atoms with van der Waals surface area (Å²) in [6.45, 7) is 2.93. The summed E-state index contributed by atoms with van der Waals surface area (Å²) in [5, 5.41) is 1.27. The van der Waals surface area contributed by atoms with Crippen molar-refractivity contribution in [1.29, 1.82) is 0 Å². The Balaban J connectivity index is 1.37. The molecule has 1 saturated carbocycles. The van der Waals surface area contributed by atoms with E-state index in [1.54, 1.807) is 12.1 Å². The molecule has 5 rings (SSSR count). The molecule has 26 heavy (non-hydrogen) atoms. The normalized spacial score (nSPS) is 18.3. The lowest BCUT2D eigenvalue weighted by Gasteiger charge is -2.27. The highest BCUT2D eigenvalue weighted by Crippen LogP contribution is 2.43. The summed E-state index contributed by atoms with van der Waals surface area (Å²) in [4.78, 5) is 10.6. The van der Waals surface area contributed by atoms with Gasteiger partial charge in [0.05, 0.1) is 0 Å². The van der Waals surface area contributed by atoms with E-state index in [4.69, 9.17) is 0 Å². The van der Waals surface area contributed by atoms with E-state index in [2.05, 4.69) is 27.0 Å². The van der Waals surface area contributed by atoms with E-state index in [1.165, 1.54) is 35.1 Å². The van der Waals surface area contributed by atoms with E-state index < -0.39 is 0 Å². The van der Waals surface area contributed by atoms with Crippen LogP contribution < -0.4 is 0 Å². The van der Waals surface area contributed by atoms with Crippen molar-refractivity contribution in [3.05, 3.63) is 71.3 Å². The van der Waals surface area contributed by atoms with Gasteiger partial charge in [0.2, 0.25) is 0 Å². The maximum absolute atomic E-state index is 13.1. The first-order valence-corrected chi connectivity index (χ1v) is 9.41. The highest BCUT2D eigenvalue weighted by atomic mass is 19.1. The molecule has 4 heteroatoms. The van der Waals surface area contributed by atoms with Crippen LogP contribution in [0.25, 0.3) is 16.6 Å². The molecular formula is C22H22FN3. The van der Waals surface area contributed by atoms with Gasteiger partial charge in [0.15, 0.2) is 0 Å². The Morgan fingerprint density at radius 2 is 2.00 bits per heavy atom. The van der Waals surface area contributed by atoms with E-state index >= 15 is 0 Å². The summed E-state index contributed by atoms with van der Waals surface area (Å²) in [7, 11) is 0. The molecule has 2 aliphatic rings. The molecule has 0 spiro atoms. The van der Waals surface area contributed by atoms with Crippen LogP contribution in [0.1, 0.15) is 42.0 Å². The molecular weight excluding hydrogens is 325 g/mol. The number of aromatic amines is 1. The van der Waals surface area contributed by atoms with E-state index in [9.17, 15) is 4.39 Å². The van der Waals surface area contributed by atoms with Crippen LogP contribution in [0.5, 0.6) is 0 Å². The first-order valence-electron chi connectivity index (χ1n) is 9.41. The first kappa shape index (κ1) is 15.8. The third-order valence-electron chi connectivity index (χ3n) is 5.59. The van der Waals surface area contributed by atoms with E-state index in [0.717, 1.165) is 37.3 Å².